The first-order chi connectivity index (χ1) is 12.7. The van der Waals surface area contributed by atoms with E-state index in [-0.39, 0.29) is 24.3 Å². The Labute approximate surface area is 157 Å². The van der Waals surface area contributed by atoms with Gasteiger partial charge in [-0.1, -0.05) is 36.4 Å². The molecule has 3 nitrogen and oxygen atoms in total. The van der Waals surface area contributed by atoms with Gasteiger partial charge in [-0.15, -0.1) is 11.3 Å². The molecular formula is C21H21FN2OS. The van der Waals surface area contributed by atoms with Gasteiger partial charge in [0.05, 0.1) is 12.6 Å². The molecule has 134 valence electrons. The molecule has 1 unspecified atom stereocenters. The van der Waals surface area contributed by atoms with Crippen molar-refractivity contribution in [3.05, 3.63) is 88.4 Å². The van der Waals surface area contributed by atoms with E-state index in [0.717, 1.165) is 16.1 Å². The van der Waals surface area contributed by atoms with E-state index < -0.39 is 0 Å². The highest BCUT2D eigenvalue weighted by atomic mass is 32.1. The minimum absolute atomic E-state index is 0.00219. The van der Waals surface area contributed by atoms with Gasteiger partial charge in [-0.2, -0.15) is 0 Å². The lowest BCUT2D eigenvalue weighted by Gasteiger charge is -2.23. The molecule has 3 aromatic rings. The molecule has 5 heteroatoms. The third-order valence-corrected chi connectivity index (χ3v) is 5.11. The number of likely N-dealkylation sites (N-methyl/N-ethyl adjacent to an activating group) is 1. The molecule has 0 radical (unpaired) electrons. The SMILES string of the molecule is CCN(C(=O)CNC(c1ccc(F)cc1)c1cccs1)c1ccccc1. The second-order valence-electron chi connectivity index (χ2n) is 5.85. The molecule has 0 saturated carbocycles. The number of hydrogen-bond donors (Lipinski definition) is 1. The smallest absolute Gasteiger partial charge is 0.240 e. The molecule has 1 aromatic heterocycles. The molecule has 1 N–H and O–H groups in total. The summed E-state index contributed by atoms with van der Waals surface area (Å²) in [6.07, 6.45) is 0. The summed E-state index contributed by atoms with van der Waals surface area (Å²) >= 11 is 1.61. The Hall–Kier alpha value is -2.50. The molecule has 3 rings (SSSR count). The van der Waals surface area contributed by atoms with Crippen molar-refractivity contribution in [3.8, 4) is 0 Å². The summed E-state index contributed by atoms with van der Waals surface area (Å²) in [5.41, 5.74) is 1.82. The number of thiophene rings is 1. The third-order valence-electron chi connectivity index (χ3n) is 4.17. The predicted molar refractivity (Wildman–Crippen MR) is 105 cm³/mol. The van der Waals surface area contributed by atoms with Crippen LogP contribution < -0.4 is 10.2 Å². The monoisotopic (exact) mass is 368 g/mol. The van der Waals surface area contributed by atoms with Crippen molar-refractivity contribution < 1.29 is 9.18 Å². The van der Waals surface area contributed by atoms with Gasteiger partial charge in [0.25, 0.3) is 0 Å². The second-order valence-corrected chi connectivity index (χ2v) is 6.83. The lowest BCUT2D eigenvalue weighted by atomic mass is 10.1. The van der Waals surface area contributed by atoms with Crippen LogP contribution in [0.5, 0.6) is 0 Å². The number of anilines is 1. The van der Waals surface area contributed by atoms with E-state index in [1.54, 1.807) is 28.4 Å². The van der Waals surface area contributed by atoms with Crippen molar-refractivity contribution >= 4 is 22.9 Å². The molecule has 0 bridgehead atoms. The van der Waals surface area contributed by atoms with Gasteiger partial charge in [-0.3, -0.25) is 10.1 Å². The first kappa shape index (κ1) is 18.3. The van der Waals surface area contributed by atoms with Crippen molar-refractivity contribution in [2.45, 2.75) is 13.0 Å². The second kappa shape index (κ2) is 8.74. The summed E-state index contributed by atoms with van der Waals surface area (Å²) in [5, 5.41) is 5.34. The third kappa shape index (κ3) is 4.36. The Balaban J connectivity index is 1.75. The number of halogens is 1. The Kier molecular flexibility index (Phi) is 6.15. The number of nitrogens with one attached hydrogen (secondary N) is 1. The standard InChI is InChI=1S/C21H21FN2OS/c1-2-24(18-7-4-3-5-8-18)20(25)15-23-21(19-9-6-14-26-19)16-10-12-17(22)13-11-16/h3-14,21,23H,2,15H2,1H3. The molecule has 0 fully saturated rings. The minimum atomic E-state index is -0.268. The summed E-state index contributed by atoms with van der Waals surface area (Å²) in [7, 11) is 0. The molecule has 0 aliphatic rings. The van der Waals surface area contributed by atoms with Crippen LogP contribution in [-0.4, -0.2) is 19.0 Å². The highest BCUT2D eigenvalue weighted by Crippen LogP contribution is 2.26. The zero-order valence-corrected chi connectivity index (χ0v) is 15.4. The predicted octanol–water partition coefficient (Wildman–Crippen LogP) is 4.62. The lowest BCUT2D eigenvalue weighted by molar-refractivity contribution is -0.117. The highest BCUT2D eigenvalue weighted by molar-refractivity contribution is 7.10. The Morgan fingerprint density at radius 3 is 2.42 bits per heavy atom. The maximum atomic E-state index is 13.3. The largest absolute Gasteiger partial charge is 0.312 e. The molecule has 26 heavy (non-hydrogen) atoms. The number of nitrogens with zero attached hydrogens (tertiary/aromatic N) is 1. The Morgan fingerprint density at radius 1 is 1.08 bits per heavy atom. The van der Waals surface area contributed by atoms with Gasteiger partial charge in [-0.25, -0.2) is 4.39 Å². The van der Waals surface area contributed by atoms with Gasteiger partial charge in [-0.05, 0) is 48.2 Å². The van der Waals surface area contributed by atoms with Crippen LogP contribution in [-0.2, 0) is 4.79 Å². The number of amides is 1. The van der Waals surface area contributed by atoms with E-state index in [0.29, 0.717) is 6.54 Å². The Bertz CT molecular complexity index is 819. The van der Waals surface area contributed by atoms with Crippen LogP contribution in [0.2, 0.25) is 0 Å². The highest BCUT2D eigenvalue weighted by Gasteiger charge is 2.19. The number of hydrogen-bond acceptors (Lipinski definition) is 3. The van der Waals surface area contributed by atoms with Crippen LogP contribution in [0.15, 0.2) is 72.1 Å². The van der Waals surface area contributed by atoms with Crippen LogP contribution in [0.3, 0.4) is 0 Å². The molecular weight excluding hydrogens is 347 g/mol. The van der Waals surface area contributed by atoms with Crippen molar-refractivity contribution in [2.24, 2.45) is 0 Å². The zero-order valence-electron chi connectivity index (χ0n) is 14.6. The topological polar surface area (TPSA) is 32.3 Å². The molecule has 0 spiro atoms. The maximum absolute atomic E-state index is 13.3. The van der Waals surface area contributed by atoms with E-state index in [1.807, 2.05) is 54.8 Å². The van der Waals surface area contributed by atoms with Crippen molar-refractivity contribution in [1.82, 2.24) is 5.32 Å². The van der Waals surface area contributed by atoms with E-state index in [4.69, 9.17) is 0 Å². The van der Waals surface area contributed by atoms with Gasteiger partial charge in [0.2, 0.25) is 5.91 Å². The summed E-state index contributed by atoms with van der Waals surface area (Å²) in [5.74, 6) is -0.265. The van der Waals surface area contributed by atoms with E-state index in [1.165, 1.54) is 12.1 Å². The average molecular weight is 368 g/mol. The van der Waals surface area contributed by atoms with Crippen LogP contribution in [0.25, 0.3) is 0 Å². The first-order valence-electron chi connectivity index (χ1n) is 8.56. The number of carbonyl (C=O) groups is 1. The molecule has 2 aromatic carbocycles. The Morgan fingerprint density at radius 2 is 1.81 bits per heavy atom. The van der Waals surface area contributed by atoms with Gasteiger partial charge in [0.1, 0.15) is 5.82 Å². The molecule has 0 aliphatic heterocycles. The van der Waals surface area contributed by atoms with Crippen LogP contribution in [0.4, 0.5) is 10.1 Å². The molecule has 1 atom stereocenters. The van der Waals surface area contributed by atoms with Crippen molar-refractivity contribution in [1.29, 1.82) is 0 Å². The average Bonchev–Trinajstić information content (AvgIpc) is 3.19. The fourth-order valence-electron chi connectivity index (χ4n) is 2.89. The fourth-order valence-corrected chi connectivity index (χ4v) is 3.72. The maximum Gasteiger partial charge on any atom is 0.240 e. The molecule has 0 saturated heterocycles. The summed E-state index contributed by atoms with van der Waals surface area (Å²) in [6, 6.07) is 19.9. The minimum Gasteiger partial charge on any atom is -0.312 e. The van der Waals surface area contributed by atoms with Crippen LogP contribution >= 0.6 is 11.3 Å². The van der Waals surface area contributed by atoms with Crippen molar-refractivity contribution in [3.63, 3.8) is 0 Å². The number of rotatable bonds is 7. The molecule has 1 heterocycles. The number of carbonyl (C=O) groups excluding carboxylic acids is 1. The van der Waals surface area contributed by atoms with E-state index in [9.17, 15) is 9.18 Å². The van der Waals surface area contributed by atoms with Crippen molar-refractivity contribution in [2.75, 3.05) is 18.0 Å². The quantitative estimate of drug-likeness (QED) is 0.660. The molecule has 0 aliphatic carbocycles. The zero-order chi connectivity index (χ0) is 18.4. The van der Waals surface area contributed by atoms with Gasteiger partial charge in [0.15, 0.2) is 0 Å². The van der Waals surface area contributed by atoms with Crippen LogP contribution in [0.1, 0.15) is 23.4 Å². The number of para-hydroxylation sites is 1. The lowest BCUT2D eigenvalue weighted by Crippen LogP contribution is -2.39. The summed E-state index contributed by atoms with van der Waals surface area (Å²) in [6.45, 7) is 2.76. The van der Waals surface area contributed by atoms with Gasteiger partial charge >= 0.3 is 0 Å². The fraction of sp³-hybridized carbons (Fsp3) is 0.190. The summed E-state index contributed by atoms with van der Waals surface area (Å²) < 4.78 is 13.3. The van der Waals surface area contributed by atoms with Gasteiger partial charge in [0, 0.05) is 17.1 Å². The van der Waals surface area contributed by atoms with E-state index >= 15 is 0 Å². The van der Waals surface area contributed by atoms with Gasteiger partial charge < -0.3 is 4.90 Å². The van der Waals surface area contributed by atoms with E-state index in [2.05, 4.69) is 5.32 Å². The number of benzene rings is 2. The molecule has 1 amide bonds. The normalized spacial score (nSPS) is 11.9. The first-order valence-corrected chi connectivity index (χ1v) is 9.44. The summed E-state index contributed by atoms with van der Waals surface area (Å²) in [4.78, 5) is 15.6. The van der Waals surface area contributed by atoms with Crippen LogP contribution in [0, 0.1) is 5.82 Å².